The van der Waals surface area contributed by atoms with Gasteiger partial charge in [-0.15, -0.1) is 11.8 Å². The van der Waals surface area contributed by atoms with Crippen LogP contribution in [0, 0.1) is 12.7 Å². The summed E-state index contributed by atoms with van der Waals surface area (Å²) >= 11 is 1.67. The molecule has 0 atom stereocenters. The minimum absolute atomic E-state index is 0.299. The Labute approximate surface area is 198 Å². The van der Waals surface area contributed by atoms with E-state index in [4.69, 9.17) is 4.74 Å². The third-order valence-electron chi connectivity index (χ3n) is 5.54. The number of amides is 1. The first kappa shape index (κ1) is 23.1. The Morgan fingerprint density at radius 2 is 1.91 bits per heavy atom. The summed E-state index contributed by atoms with van der Waals surface area (Å²) in [4.78, 5) is 13.6. The average molecular weight is 463 g/mol. The number of hydrogen-bond acceptors (Lipinski definition) is 4. The number of ether oxygens (including phenoxy) is 1. The topological polar surface area (TPSA) is 50.7 Å². The van der Waals surface area contributed by atoms with E-state index in [0.29, 0.717) is 30.2 Å². The summed E-state index contributed by atoms with van der Waals surface area (Å²) in [6, 6.07) is 18.2. The summed E-state index contributed by atoms with van der Waals surface area (Å²) < 4.78 is 19.7. The lowest BCUT2D eigenvalue weighted by Crippen LogP contribution is -2.21. The number of carbonyl (C=O) groups is 1. The predicted octanol–water partition coefficient (Wildman–Crippen LogP) is 6.47. The van der Waals surface area contributed by atoms with Crippen molar-refractivity contribution in [1.29, 1.82) is 0 Å². The monoisotopic (exact) mass is 462 g/mol. The number of carbonyl (C=O) groups excluding carboxylic acids is 1. The third-order valence-corrected chi connectivity index (χ3v) is 6.62. The van der Waals surface area contributed by atoms with Gasteiger partial charge in [0.15, 0.2) is 0 Å². The van der Waals surface area contributed by atoms with Gasteiger partial charge in [-0.25, -0.2) is 9.82 Å². The second kappa shape index (κ2) is 10.2. The lowest BCUT2D eigenvalue weighted by molar-refractivity contribution is 0.0954. The van der Waals surface area contributed by atoms with Crippen LogP contribution in [0.4, 0.5) is 4.39 Å². The molecule has 170 valence electrons. The Bertz CT molecular complexity index is 1190. The summed E-state index contributed by atoms with van der Waals surface area (Å²) in [5.41, 5.74) is 7.88. The van der Waals surface area contributed by atoms with Crippen molar-refractivity contribution < 1.29 is 13.9 Å². The number of thioether (sulfide) groups is 1. The van der Waals surface area contributed by atoms with Gasteiger partial charge in [-0.2, -0.15) is 5.10 Å². The molecule has 0 radical (unpaired) electrons. The van der Waals surface area contributed by atoms with Crippen LogP contribution in [0.25, 0.3) is 0 Å². The van der Waals surface area contributed by atoms with Gasteiger partial charge >= 0.3 is 0 Å². The van der Waals surface area contributed by atoms with Crippen molar-refractivity contribution in [2.45, 2.75) is 44.6 Å². The maximum Gasteiger partial charge on any atom is 0.271 e. The van der Waals surface area contributed by atoms with E-state index in [0.717, 1.165) is 33.1 Å². The molecule has 0 bridgehead atoms. The zero-order chi connectivity index (χ0) is 23.4. The van der Waals surface area contributed by atoms with E-state index in [-0.39, 0.29) is 11.7 Å². The second-order valence-electron chi connectivity index (χ2n) is 8.42. The van der Waals surface area contributed by atoms with Gasteiger partial charge in [0, 0.05) is 28.2 Å². The third kappa shape index (κ3) is 5.63. The fraction of sp³-hybridized carbons (Fsp3) is 0.259. The Morgan fingerprint density at radius 1 is 1.12 bits per heavy atom. The molecule has 0 spiro atoms. The van der Waals surface area contributed by atoms with Crippen LogP contribution in [0.1, 0.15) is 58.8 Å². The van der Waals surface area contributed by atoms with Crippen molar-refractivity contribution in [2.75, 3.05) is 5.75 Å². The normalized spacial score (nSPS) is 14.3. The van der Waals surface area contributed by atoms with Crippen molar-refractivity contribution in [1.82, 2.24) is 5.43 Å². The maximum atomic E-state index is 13.7. The van der Waals surface area contributed by atoms with Gasteiger partial charge < -0.3 is 4.74 Å². The number of aryl methyl sites for hydroxylation is 1. The predicted molar refractivity (Wildman–Crippen MR) is 132 cm³/mol. The smallest absolute Gasteiger partial charge is 0.271 e. The van der Waals surface area contributed by atoms with Gasteiger partial charge in [-0.3, -0.25) is 4.79 Å². The zero-order valence-electron chi connectivity index (χ0n) is 19.0. The number of nitrogens with one attached hydrogen (secondary N) is 1. The SMILES string of the molecule is Cc1ccc(C(C)C)c(OCc2ccc(C(=O)NN=C3CCSc4ccc(F)cc43)cc2)c1. The van der Waals surface area contributed by atoms with Gasteiger partial charge in [0.2, 0.25) is 0 Å². The molecule has 0 unspecified atom stereocenters. The highest BCUT2D eigenvalue weighted by molar-refractivity contribution is 7.99. The molecular formula is C27H27FN2O2S. The number of nitrogens with zero attached hydrogens (tertiary/aromatic N) is 1. The van der Waals surface area contributed by atoms with Crippen molar-refractivity contribution in [2.24, 2.45) is 5.10 Å². The van der Waals surface area contributed by atoms with Gasteiger partial charge in [0.25, 0.3) is 5.91 Å². The van der Waals surface area contributed by atoms with Crippen LogP contribution in [0.3, 0.4) is 0 Å². The van der Waals surface area contributed by atoms with E-state index < -0.39 is 0 Å². The van der Waals surface area contributed by atoms with Crippen LogP contribution in [-0.2, 0) is 6.61 Å². The van der Waals surface area contributed by atoms with Crippen LogP contribution < -0.4 is 10.2 Å². The number of halogens is 1. The molecule has 0 aliphatic carbocycles. The van der Waals surface area contributed by atoms with Crippen LogP contribution in [0.15, 0.2) is 70.7 Å². The van der Waals surface area contributed by atoms with E-state index >= 15 is 0 Å². The highest BCUT2D eigenvalue weighted by Gasteiger charge is 2.17. The Hall–Kier alpha value is -3.12. The number of hydrazone groups is 1. The quantitative estimate of drug-likeness (QED) is 0.427. The molecule has 0 saturated carbocycles. The highest BCUT2D eigenvalue weighted by atomic mass is 32.2. The molecule has 4 nitrogen and oxygen atoms in total. The first-order valence-electron chi connectivity index (χ1n) is 11.0. The van der Waals surface area contributed by atoms with E-state index in [2.05, 4.69) is 49.5 Å². The van der Waals surface area contributed by atoms with E-state index in [9.17, 15) is 9.18 Å². The van der Waals surface area contributed by atoms with Crippen molar-refractivity contribution >= 4 is 23.4 Å². The summed E-state index contributed by atoms with van der Waals surface area (Å²) in [6.07, 6.45) is 0.676. The van der Waals surface area contributed by atoms with Crippen molar-refractivity contribution in [3.63, 3.8) is 0 Å². The lowest BCUT2D eigenvalue weighted by atomic mass is 10.0. The van der Waals surface area contributed by atoms with Crippen molar-refractivity contribution in [3.8, 4) is 5.75 Å². The first-order chi connectivity index (χ1) is 15.9. The standard InChI is InChI=1S/C27H27FN2O2S/c1-17(2)22-10-4-18(3)14-25(22)32-16-19-5-7-20(8-6-19)27(31)30-29-24-12-13-33-26-11-9-21(28)15-23(24)26/h4-11,14-15,17H,12-13,16H2,1-3H3,(H,30,31). The Kier molecular flexibility index (Phi) is 7.14. The highest BCUT2D eigenvalue weighted by Crippen LogP contribution is 2.31. The summed E-state index contributed by atoms with van der Waals surface area (Å²) in [6.45, 7) is 6.77. The number of hydrogen-bond donors (Lipinski definition) is 1. The molecular weight excluding hydrogens is 435 g/mol. The van der Waals surface area contributed by atoms with Crippen LogP contribution in [0.5, 0.6) is 5.75 Å². The fourth-order valence-corrected chi connectivity index (χ4v) is 4.71. The Balaban J connectivity index is 1.40. The van der Waals surface area contributed by atoms with Crippen LogP contribution >= 0.6 is 11.8 Å². The molecule has 1 aliphatic rings. The average Bonchev–Trinajstić information content (AvgIpc) is 2.81. The van der Waals surface area contributed by atoms with Crippen LogP contribution in [-0.4, -0.2) is 17.4 Å². The van der Waals surface area contributed by atoms with Gasteiger partial charge in [0.05, 0.1) is 5.71 Å². The molecule has 0 aromatic heterocycles. The minimum atomic E-state index is -0.306. The molecule has 1 N–H and O–H groups in total. The molecule has 1 aliphatic heterocycles. The molecule has 4 rings (SSSR count). The molecule has 1 heterocycles. The molecule has 3 aromatic carbocycles. The van der Waals surface area contributed by atoms with E-state index in [1.807, 2.05) is 12.1 Å². The summed E-state index contributed by atoms with van der Waals surface area (Å²) in [5, 5.41) is 4.29. The minimum Gasteiger partial charge on any atom is -0.489 e. The molecule has 33 heavy (non-hydrogen) atoms. The summed E-state index contributed by atoms with van der Waals surface area (Å²) in [5.74, 6) is 1.51. The second-order valence-corrected chi connectivity index (χ2v) is 9.56. The molecule has 6 heteroatoms. The van der Waals surface area contributed by atoms with Gasteiger partial charge in [-0.05, 0) is 65.9 Å². The molecule has 0 saturated heterocycles. The zero-order valence-corrected chi connectivity index (χ0v) is 19.8. The van der Waals surface area contributed by atoms with Gasteiger partial charge in [-0.1, -0.05) is 38.1 Å². The summed E-state index contributed by atoms with van der Waals surface area (Å²) in [7, 11) is 0. The van der Waals surface area contributed by atoms with E-state index in [1.54, 1.807) is 30.0 Å². The molecule has 3 aromatic rings. The first-order valence-corrected chi connectivity index (χ1v) is 12.0. The number of rotatable bonds is 6. The largest absolute Gasteiger partial charge is 0.489 e. The molecule has 1 amide bonds. The van der Waals surface area contributed by atoms with E-state index in [1.165, 1.54) is 17.7 Å². The van der Waals surface area contributed by atoms with Crippen molar-refractivity contribution in [3.05, 3.63) is 94.3 Å². The molecule has 0 fully saturated rings. The Morgan fingerprint density at radius 3 is 2.67 bits per heavy atom. The van der Waals surface area contributed by atoms with Gasteiger partial charge in [0.1, 0.15) is 18.2 Å². The lowest BCUT2D eigenvalue weighted by Gasteiger charge is -2.17. The maximum absolute atomic E-state index is 13.7. The fourth-order valence-electron chi connectivity index (χ4n) is 3.70. The number of benzene rings is 3. The van der Waals surface area contributed by atoms with Crippen LogP contribution in [0.2, 0.25) is 0 Å². The number of fused-ring (bicyclic) bond motifs is 1.